The van der Waals surface area contributed by atoms with E-state index in [0.29, 0.717) is 18.7 Å². The molecule has 0 saturated carbocycles. The molecule has 0 unspecified atom stereocenters. The maximum atomic E-state index is 13.1. The fourth-order valence-corrected chi connectivity index (χ4v) is 2.72. The Morgan fingerprint density at radius 3 is 3.10 bits per heavy atom. The fourth-order valence-electron chi connectivity index (χ4n) is 2.72. The molecule has 0 spiro atoms. The molecule has 0 radical (unpaired) electrons. The van der Waals surface area contributed by atoms with E-state index in [1.165, 1.54) is 12.3 Å². The van der Waals surface area contributed by atoms with Crippen molar-refractivity contribution in [1.29, 1.82) is 0 Å². The van der Waals surface area contributed by atoms with Gasteiger partial charge in [-0.05, 0) is 31.5 Å². The second kappa shape index (κ2) is 5.20. The summed E-state index contributed by atoms with van der Waals surface area (Å²) >= 11 is 0. The van der Waals surface area contributed by atoms with Crippen molar-refractivity contribution in [1.82, 2.24) is 14.3 Å². The average molecular weight is 277 g/mol. The highest BCUT2D eigenvalue weighted by atomic mass is 19.1. The molecule has 106 valence electrons. The summed E-state index contributed by atoms with van der Waals surface area (Å²) in [4.78, 5) is 17.6. The first-order chi connectivity index (χ1) is 9.61. The highest BCUT2D eigenvalue weighted by Gasteiger charge is 2.25. The molecule has 2 aromatic rings. The van der Waals surface area contributed by atoms with Gasteiger partial charge in [-0.1, -0.05) is 0 Å². The van der Waals surface area contributed by atoms with Crippen LogP contribution in [0.3, 0.4) is 0 Å². The topological polar surface area (TPSA) is 57.8 Å². The molecule has 5 nitrogen and oxygen atoms in total. The Morgan fingerprint density at radius 1 is 1.45 bits per heavy atom. The number of hydrogen-bond donors (Lipinski definition) is 1. The lowest BCUT2D eigenvalue weighted by Gasteiger charge is -2.29. The molecule has 1 fully saturated rings. The van der Waals surface area contributed by atoms with E-state index >= 15 is 0 Å². The van der Waals surface area contributed by atoms with Crippen LogP contribution in [-0.4, -0.2) is 38.4 Å². The molecule has 1 saturated heterocycles. The Hall–Kier alpha value is -1.95. The van der Waals surface area contributed by atoms with E-state index in [9.17, 15) is 9.18 Å². The lowest BCUT2D eigenvalue weighted by atomic mass is 9.98. The van der Waals surface area contributed by atoms with Gasteiger partial charge in [0.15, 0.2) is 0 Å². The number of aromatic nitrogens is 2. The normalized spacial score (nSPS) is 20.4. The van der Waals surface area contributed by atoms with Gasteiger partial charge in [0.2, 0.25) is 0 Å². The summed E-state index contributed by atoms with van der Waals surface area (Å²) in [5, 5.41) is 9.08. The summed E-state index contributed by atoms with van der Waals surface area (Å²) in [6.45, 7) is 2.04. The monoisotopic (exact) mass is 277 g/mol. The molecule has 6 heteroatoms. The van der Waals surface area contributed by atoms with E-state index in [-0.39, 0.29) is 11.7 Å². The summed E-state index contributed by atoms with van der Waals surface area (Å²) < 4.78 is 14.8. The van der Waals surface area contributed by atoms with Gasteiger partial charge >= 0.3 is 5.97 Å². The Kier molecular flexibility index (Phi) is 3.40. The molecule has 0 bridgehead atoms. The standard InChI is InChI=1S/C14H16FN3O2/c15-11-3-4-13-16-12(9-18(13)7-11)8-17-5-1-2-10(6-17)14(19)20/h3-4,7,9-10H,1-2,5-6,8H2,(H,19,20)/t10-/m1/s1. The van der Waals surface area contributed by atoms with E-state index in [4.69, 9.17) is 5.11 Å². The smallest absolute Gasteiger partial charge is 0.307 e. The number of likely N-dealkylation sites (tertiary alicyclic amines) is 1. The number of carboxylic acids is 1. The molecule has 2 aromatic heterocycles. The second-order valence-corrected chi connectivity index (χ2v) is 5.26. The molecular formula is C14H16FN3O2. The number of fused-ring (bicyclic) bond motifs is 1. The molecule has 0 aromatic carbocycles. The van der Waals surface area contributed by atoms with E-state index in [1.807, 2.05) is 0 Å². The van der Waals surface area contributed by atoms with Crippen LogP contribution in [0.4, 0.5) is 4.39 Å². The van der Waals surface area contributed by atoms with Gasteiger partial charge in [0.25, 0.3) is 0 Å². The van der Waals surface area contributed by atoms with Crippen LogP contribution in [0.25, 0.3) is 5.65 Å². The van der Waals surface area contributed by atoms with E-state index in [0.717, 1.165) is 25.1 Å². The van der Waals surface area contributed by atoms with Gasteiger partial charge in [0.1, 0.15) is 11.5 Å². The number of halogens is 1. The molecule has 1 aliphatic rings. The Bertz CT molecular complexity index is 640. The summed E-state index contributed by atoms with van der Waals surface area (Å²) in [7, 11) is 0. The summed E-state index contributed by atoms with van der Waals surface area (Å²) in [5.41, 5.74) is 1.54. The van der Waals surface area contributed by atoms with Crippen LogP contribution < -0.4 is 0 Å². The van der Waals surface area contributed by atoms with E-state index in [2.05, 4.69) is 9.88 Å². The summed E-state index contributed by atoms with van der Waals surface area (Å²) in [6.07, 6.45) is 4.81. The SMILES string of the molecule is O=C(O)[C@@H]1CCCN(Cc2cn3cc(F)ccc3n2)C1. The first kappa shape index (κ1) is 13.1. The van der Waals surface area contributed by atoms with Gasteiger partial charge in [0, 0.05) is 25.5 Å². The molecule has 0 amide bonds. The quantitative estimate of drug-likeness (QED) is 0.929. The summed E-state index contributed by atoms with van der Waals surface area (Å²) in [5.74, 6) is -1.32. The van der Waals surface area contributed by atoms with Crippen LogP contribution in [-0.2, 0) is 11.3 Å². The van der Waals surface area contributed by atoms with E-state index in [1.54, 1.807) is 16.7 Å². The van der Waals surface area contributed by atoms with Crippen molar-refractivity contribution in [2.45, 2.75) is 19.4 Å². The third-order valence-corrected chi connectivity index (χ3v) is 3.71. The molecule has 1 N–H and O–H groups in total. The largest absolute Gasteiger partial charge is 0.481 e. The zero-order valence-electron chi connectivity index (χ0n) is 11.0. The summed E-state index contributed by atoms with van der Waals surface area (Å²) in [6, 6.07) is 3.02. The zero-order chi connectivity index (χ0) is 14.1. The minimum absolute atomic E-state index is 0.293. The van der Waals surface area contributed by atoms with Crippen molar-refractivity contribution in [2.75, 3.05) is 13.1 Å². The Balaban J connectivity index is 1.74. The third-order valence-electron chi connectivity index (χ3n) is 3.71. The third kappa shape index (κ3) is 2.65. The van der Waals surface area contributed by atoms with Crippen LogP contribution >= 0.6 is 0 Å². The number of carboxylic acid groups (broad SMARTS) is 1. The van der Waals surface area contributed by atoms with Gasteiger partial charge in [-0.3, -0.25) is 9.69 Å². The van der Waals surface area contributed by atoms with Crippen LogP contribution in [0.1, 0.15) is 18.5 Å². The van der Waals surface area contributed by atoms with Gasteiger partial charge in [-0.2, -0.15) is 0 Å². The number of aliphatic carboxylic acids is 1. The number of piperidine rings is 1. The molecule has 1 atom stereocenters. The second-order valence-electron chi connectivity index (χ2n) is 5.26. The number of rotatable bonds is 3. The van der Waals surface area contributed by atoms with Crippen molar-refractivity contribution < 1.29 is 14.3 Å². The maximum Gasteiger partial charge on any atom is 0.307 e. The predicted molar refractivity (Wildman–Crippen MR) is 70.8 cm³/mol. The van der Waals surface area contributed by atoms with Crippen molar-refractivity contribution >= 4 is 11.6 Å². The van der Waals surface area contributed by atoms with Crippen LogP contribution in [0.15, 0.2) is 24.5 Å². The van der Waals surface area contributed by atoms with Crippen LogP contribution in [0, 0.1) is 11.7 Å². The van der Waals surface area contributed by atoms with Gasteiger partial charge in [-0.25, -0.2) is 9.37 Å². The lowest BCUT2D eigenvalue weighted by Crippen LogP contribution is -2.38. The number of carbonyl (C=O) groups is 1. The maximum absolute atomic E-state index is 13.1. The zero-order valence-corrected chi connectivity index (χ0v) is 11.0. The number of hydrogen-bond acceptors (Lipinski definition) is 3. The van der Waals surface area contributed by atoms with Gasteiger partial charge < -0.3 is 9.51 Å². The highest BCUT2D eigenvalue weighted by molar-refractivity contribution is 5.70. The van der Waals surface area contributed by atoms with Crippen LogP contribution in [0.5, 0.6) is 0 Å². The molecular weight excluding hydrogens is 261 g/mol. The van der Waals surface area contributed by atoms with E-state index < -0.39 is 5.97 Å². The lowest BCUT2D eigenvalue weighted by molar-refractivity contribution is -0.143. The molecule has 20 heavy (non-hydrogen) atoms. The average Bonchev–Trinajstić information content (AvgIpc) is 2.80. The highest BCUT2D eigenvalue weighted by Crippen LogP contribution is 2.19. The minimum Gasteiger partial charge on any atom is -0.481 e. The Morgan fingerprint density at radius 2 is 2.30 bits per heavy atom. The minimum atomic E-state index is -0.730. The van der Waals surface area contributed by atoms with Gasteiger partial charge in [-0.15, -0.1) is 0 Å². The molecule has 0 aliphatic carbocycles. The molecule has 3 heterocycles. The van der Waals surface area contributed by atoms with Crippen LogP contribution in [0.2, 0.25) is 0 Å². The van der Waals surface area contributed by atoms with Crippen molar-refractivity contribution in [3.05, 3.63) is 36.0 Å². The Labute approximate surface area is 115 Å². The van der Waals surface area contributed by atoms with Crippen molar-refractivity contribution in [3.8, 4) is 0 Å². The predicted octanol–water partition coefficient (Wildman–Crippen LogP) is 1.77. The molecule has 1 aliphatic heterocycles. The first-order valence-electron chi connectivity index (χ1n) is 6.70. The van der Waals surface area contributed by atoms with Gasteiger partial charge in [0.05, 0.1) is 11.6 Å². The van der Waals surface area contributed by atoms with Crippen molar-refractivity contribution in [2.24, 2.45) is 5.92 Å². The molecule has 3 rings (SSSR count). The number of imidazole rings is 1. The van der Waals surface area contributed by atoms with Crippen molar-refractivity contribution in [3.63, 3.8) is 0 Å². The number of nitrogens with zero attached hydrogens (tertiary/aromatic N) is 3. The number of pyridine rings is 1. The first-order valence-corrected chi connectivity index (χ1v) is 6.70. The fraction of sp³-hybridized carbons (Fsp3) is 0.429.